The van der Waals surface area contributed by atoms with Crippen LogP contribution in [0.4, 0.5) is 10.5 Å². The number of hydrogen-bond donors (Lipinski definition) is 1. The van der Waals surface area contributed by atoms with Gasteiger partial charge in [-0.25, -0.2) is 4.79 Å². The van der Waals surface area contributed by atoms with Crippen molar-refractivity contribution in [2.24, 2.45) is 5.41 Å². The number of carboxylic acid groups (broad SMARTS) is 1. The van der Waals surface area contributed by atoms with Gasteiger partial charge in [0, 0.05) is 49.9 Å². The summed E-state index contributed by atoms with van der Waals surface area (Å²) in [5.74, 6) is -0.935. The first-order valence-electron chi connectivity index (χ1n) is 15.0. The Morgan fingerprint density at radius 2 is 1.57 bits per heavy atom. The minimum atomic E-state index is -0.879. The largest absolute Gasteiger partial charge is 0.481 e. The molecule has 4 amide bonds. The molecule has 228 valence electrons. The van der Waals surface area contributed by atoms with E-state index in [1.807, 2.05) is 19.1 Å². The Morgan fingerprint density at radius 3 is 2.14 bits per heavy atom. The predicted octanol–water partition coefficient (Wildman–Crippen LogP) is 6.40. The first-order valence-corrected chi connectivity index (χ1v) is 15.0. The van der Waals surface area contributed by atoms with Crippen molar-refractivity contribution < 1.29 is 29.0 Å². The number of anilines is 1. The molecule has 0 saturated carbocycles. The van der Waals surface area contributed by atoms with Crippen LogP contribution in [0.2, 0.25) is 0 Å². The van der Waals surface area contributed by atoms with Crippen LogP contribution in [0, 0.1) is 5.41 Å². The number of carboxylic acids is 1. The van der Waals surface area contributed by atoms with E-state index >= 15 is 0 Å². The molecule has 0 unspecified atom stereocenters. The van der Waals surface area contributed by atoms with Crippen LogP contribution in [-0.4, -0.2) is 64.9 Å². The number of aliphatic carboxylic acids is 1. The molecule has 1 N–H and O–H groups in total. The fourth-order valence-corrected chi connectivity index (χ4v) is 5.13. The highest BCUT2D eigenvalue weighted by molar-refractivity contribution is 6.28. The van der Waals surface area contributed by atoms with Crippen LogP contribution in [0.15, 0.2) is 47.8 Å². The molecule has 0 bridgehead atoms. The van der Waals surface area contributed by atoms with Gasteiger partial charge in [0.1, 0.15) is 17.1 Å². The smallest absolute Gasteiger partial charge is 0.333 e. The maximum absolute atomic E-state index is 13.4. The minimum absolute atomic E-state index is 0.0331. The summed E-state index contributed by atoms with van der Waals surface area (Å²) in [4.78, 5) is 55.2. The highest BCUT2D eigenvalue weighted by atomic mass is 16.5. The Morgan fingerprint density at radius 1 is 0.929 bits per heavy atom. The number of benzene rings is 1. The van der Waals surface area contributed by atoms with Crippen molar-refractivity contribution in [2.75, 3.05) is 31.1 Å². The summed E-state index contributed by atoms with van der Waals surface area (Å²) in [6.07, 6.45) is 7.93. The zero-order valence-electron chi connectivity index (χ0n) is 25.9. The number of hydrogen-bond acceptors (Lipinski definition) is 6. The molecule has 0 aromatic heterocycles. The molecular formula is C33H45N3O6. The third-order valence-corrected chi connectivity index (χ3v) is 7.54. The molecule has 2 heterocycles. The third kappa shape index (κ3) is 7.69. The SMILES string of the molecule is CCCCN1C(=O)/C(=C/C=C2\C=C(C(C)(C)C)c3ccc(N(CC)CC)cc3O2)C(=O)N(CCCCCC(=O)O)C1=O. The van der Waals surface area contributed by atoms with E-state index in [2.05, 4.69) is 51.7 Å². The number of imide groups is 2. The molecular weight excluding hydrogens is 534 g/mol. The normalized spacial score (nSPS) is 17.5. The number of carbonyl (C=O) groups is 4. The van der Waals surface area contributed by atoms with Crippen LogP contribution < -0.4 is 9.64 Å². The Labute approximate surface area is 249 Å². The van der Waals surface area contributed by atoms with E-state index in [0.29, 0.717) is 37.2 Å². The number of nitrogens with zero attached hydrogens (tertiary/aromatic N) is 3. The summed E-state index contributed by atoms with van der Waals surface area (Å²) in [5, 5.41) is 8.88. The molecule has 9 heteroatoms. The topological polar surface area (TPSA) is 107 Å². The molecule has 3 rings (SSSR count). The van der Waals surface area contributed by atoms with E-state index in [9.17, 15) is 19.2 Å². The predicted molar refractivity (Wildman–Crippen MR) is 164 cm³/mol. The van der Waals surface area contributed by atoms with Crippen molar-refractivity contribution in [3.05, 3.63) is 53.3 Å². The second-order valence-corrected chi connectivity index (χ2v) is 11.7. The van der Waals surface area contributed by atoms with Crippen LogP contribution >= 0.6 is 0 Å². The van der Waals surface area contributed by atoms with Crippen molar-refractivity contribution in [2.45, 2.75) is 80.1 Å². The number of amides is 4. The van der Waals surface area contributed by atoms with Crippen molar-refractivity contribution in [3.8, 4) is 5.75 Å². The molecule has 0 atom stereocenters. The average Bonchev–Trinajstić information content (AvgIpc) is 2.93. The maximum atomic E-state index is 13.4. The van der Waals surface area contributed by atoms with E-state index in [-0.39, 0.29) is 30.5 Å². The van der Waals surface area contributed by atoms with Gasteiger partial charge in [0.25, 0.3) is 11.8 Å². The van der Waals surface area contributed by atoms with Crippen LogP contribution in [0.1, 0.15) is 85.6 Å². The first-order chi connectivity index (χ1) is 19.9. The molecule has 42 heavy (non-hydrogen) atoms. The highest BCUT2D eigenvalue weighted by Gasteiger charge is 2.41. The summed E-state index contributed by atoms with van der Waals surface area (Å²) >= 11 is 0. The highest BCUT2D eigenvalue weighted by Crippen LogP contribution is 2.44. The molecule has 0 radical (unpaired) electrons. The van der Waals surface area contributed by atoms with E-state index in [1.165, 1.54) is 6.08 Å². The second kappa shape index (κ2) is 14.3. The summed E-state index contributed by atoms with van der Waals surface area (Å²) in [7, 11) is 0. The molecule has 1 saturated heterocycles. The lowest BCUT2D eigenvalue weighted by atomic mass is 9.80. The van der Waals surface area contributed by atoms with Crippen LogP contribution in [0.25, 0.3) is 5.57 Å². The van der Waals surface area contributed by atoms with Gasteiger partial charge >= 0.3 is 12.0 Å². The van der Waals surface area contributed by atoms with Gasteiger partial charge in [-0.2, -0.15) is 0 Å². The minimum Gasteiger partial charge on any atom is -0.481 e. The quantitative estimate of drug-likeness (QED) is 0.164. The van der Waals surface area contributed by atoms with Gasteiger partial charge in [0.05, 0.1) is 0 Å². The van der Waals surface area contributed by atoms with E-state index in [0.717, 1.165) is 46.1 Å². The molecule has 2 aliphatic heterocycles. The number of rotatable bonds is 13. The lowest BCUT2D eigenvalue weighted by Crippen LogP contribution is -2.56. The summed E-state index contributed by atoms with van der Waals surface area (Å²) in [5.41, 5.74) is 2.83. The van der Waals surface area contributed by atoms with Gasteiger partial charge in [-0.3, -0.25) is 24.2 Å². The molecule has 1 aromatic rings. The van der Waals surface area contributed by atoms with Crippen molar-refractivity contribution in [1.29, 1.82) is 0 Å². The van der Waals surface area contributed by atoms with Crippen LogP contribution in [0.3, 0.4) is 0 Å². The Hall–Kier alpha value is -3.88. The molecule has 2 aliphatic rings. The maximum Gasteiger partial charge on any atom is 0.333 e. The first kappa shape index (κ1) is 32.6. The Balaban J connectivity index is 1.96. The third-order valence-electron chi connectivity index (χ3n) is 7.54. The lowest BCUT2D eigenvalue weighted by Gasteiger charge is -2.34. The summed E-state index contributed by atoms with van der Waals surface area (Å²) in [6, 6.07) is 5.58. The van der Waals surface area contributed by atoms with Gasteiger partial charge < -0.3 is 14.7 Å². The number of allylic oxidation sites excluding steroid dienone is 4. The number of urea groups is 1. The Bertz CT molecular complexity index is 1280. The van der Waals surface area contributed by atoms with Crippen LogP contribution in [-0.2, 0) is 14.4 Å². The van der Waals surface area contributed by atoms with E-state index in [4.69, 9.17) is 9.84 Å². The fourth-order valence-electron chi connectivity index (χ4n) is 5.13. The lowest BCUT2D eigenvalue weighted by molar-refractivity contribution is -0.138. The van der Waals surface area contributed by atoms with E-state index in [1.54, 1.807) is 6.08 Å². The number of barbiturate groups is 1. The van der Waals surface area contributed by atoms with E-state index < -0.39 is 23.8 Å². The van der Waals surface area contributed by atoms with Crippen molar-refractivity contribution >= 4 is 35.1 Å². The standard InChI is InChI=1S/C33H45N3O6/c1-7-10-19-35-30(39)26(31(40)36(32(35)41)20-13-11-12-14-29(37)38)18-16-24-22-27(33(4,5)6)25-17-15-23(21-28(25)42-24)34(8-2)9-3/h15-18,21-22H,7-14,19-20H2,1-6H3,(H,37,38)/b24-16+,26-18-. The zero-order valence-corrected chi connectivity index (χ0v) is 25.9. The number of ether oxygens (including phenoxy) is 1. The number of carbonyl (C=O) groups excluding carboxylic acids is 3. The molecule has 0 aliphatic carbocycles. The van der Waals surface area contributed by atoms with Crippen LogP contribution in [0.5, 0.6) is 5.75 Å². The summed E-state index contributed by atoms with van der Waals surface area (Å²) in [6.45, 7) is 14.6. The van der Waals surface area contributed by atoms with Gasteiger partial charge in [-0.05, 0) is 74.5 Å². The molecule has 9 nitrogen and oxygen atoms in total. The molecule has 0 spiro atoms. The van der Waals surface area contributed by atoms with Crippen molar-refractivity contribution in [1.82, 2.24) is 9.80 Å². The van der Waals surface area contributed by atoms with Gasteiger partial charge in [-0.1, -0.05) is 40.5 Å². The Kier molecular flexibility index (Phi) is 11.1. The monoisotopic (exact) mass is 579 g/mol. The van der Waals surface area contributed by atoms with Gasteiger partial charge in [-0.15, -0.1) is 0 Å². The van der Waals surface area contributed by atoms with Crippen molar-refractivity contribution in [3.63, 3.8) is 0 Å². The summed E-state index contributed by atoms with van der Waals surface area (Å²) < 4.78 is 6.30. The van der Waals surface area contributed by atoms with Gasteiger partial charge in [0.2, 0.25) is 0 Å². The second-order valence-electron chi connectivity index (χ2n) is 11.7. The number of unbranched alkanes of at least 4 members (excludes halogenated alkanes) is 3. The average molecular weight is 580 g/mol. The van der Waals surface area contributed by atoms with Gasteiger partial charge in [0.15, 0.2) is 0 Å². The fraction of sp³-hybridized carbons (Fsp3) is 0.515. The molecule has 1 aromatic carbocycles. The zero-order chi connectivity index (χ0) is 31.0. The molecule has 1 fully saturated rings. The number of fused-ring (bicyclic) bond motifs is 1.